The second-order valence-corrected chi connectivity index (χ2v) is 5.99. The molecule has 3 heteroatoms. The van der Waals surface area contributed by atoms with Gasteiger partial charge in [-0.15, -0.1) is 0 Å². The molecule has 0 saturated carbocycles. The van der Waals surface area contributed by atoms with Gasteiger partial charge in [0.2, 0.25) is 0 Å². The summed E-state index contributed by atoms with van der Waals surface area (Å²) in [5.74, 6) is 0. The van der Waals surface area contributed by atoms with Gasteiger partial charge in [-0.2, -0.15) is 0 Å². The van der Waals surface area contributed by atoms with Crippen LogP contribution in [-0.4, -0.2) is 11.5 Å². The lowest BCUT2D eigenvalue weighted by atomic mass is 10.00. The van der Waals surface area contributed by atoms with Crippen LogP contribution in [0.25, 0.3) is 0 Å². The number of nitrogens with zero attached hydrogens (tertiary/aromatic N) is 1. The fraction of sp³-hybridized carbons (Fsp3) is 0.353. The topological polar surface area (TPSA) is 24.9 Å². The summed E-state index contributed by atoms with van der Waals surface area (Å²) in [6, 6.07) is 13.1. The Morgan fingerprint density at radius 1 is 1.25 bits per heavy atom. The third-order valence-corrected chi connectivity index (χ3v) is 3.80. The SMILES string of the molecule is CCCNC(Cc1cccc(Br)c1)c1ccc(C)nc1. The lowest BCUT2D eigenvalue weighted by Crippen LogP contribution is -2.24. The minimum absolute atomic E-state index is 0.317. The maximum absolute atomic E-state index is 4.42. The Bertz CT molecular complexity index is 537. The first kappa shape index (κ1) is 15.2. The van der Waals surface area contributed by atoms with E-state index in [1.165, 1.54) is 11.1 Å². The standard InChI is InChI=1S/C17H21BrN2/c1-3-9-19-17(15-8-7-13(2)20-12-15)11-14-5-4-6-16(18)10-14/h4-8,10,12,17,19H,3,9,11H2,1-2H3. The Balaban J connectivity index is 2.16. The number of aromatic nitrogens is 1. The Morgan fingerprint density at radius 2 is 2.10 bits per heavy atom. The third-order valence-electron chi connectivity index (χ3n) is 3.31. The van der Waals surface area contributed by atoms with Crippen LogP contribution in [0.15, 0.2) is 47.1 Å². The fourth-order valence-electron chi connectivity index (χ4n) is 2.21. The van der Waals surface area contributed by atoms with Crippen LogP contribution < -0.4 is 5.32 Å². The quantitative estimate of drug-likeness (QED) is 0.846. The molecule has 0 aliphatic rings. The molecule has 2 aromatic rings. The van der Waals surface area contributed by atoms with Gasteiger partial charge in [-0.1, -0.05) is 41.1 Å². The Kier molecular flexibility index (Phi) is 5.74. The number of rotatable bonds is 6. The zero-order valence-electron chi connectivity index (χ0n) is 12.1. The molecule has 0 aliphatic heterocycles. The minimum Gasteiger partial charge on any atom is -0.310 e. The van der Waals surface area contributed by atoms with E-state index in [1.54, 1.807) is 0 Å². The number of aryl methyl sites for hydroxylation is 1. The number of halogens is 1. The highest BCUT2D eigenvalue weighted by molar-refractivity contribution is 9.10. The lowest BCUT2D eigenvalue weighted by molar-refractivity contribution is 0.527. The van der Waals surface area contributed by atoms with Crippen molar-refractivity contribution >= 4 is 15.9 Å². The zero-order valence-corrected chi connectivity index (χ0v) is 13.7. The normalized spacial score (nSPS) is 12.3. The minimum atomic E-state index is 0.317. The molecule has 1 heterocycles. The molecule has 1 unspecified atom stereocenters. The van der Waals surface area contributed by atoms with Crippen molar-refractivity contribution in [1.29, 1.82) is 0 Å². The van der Waals surface area contributed by atoms with E-state index in [1.807, 2.05) is 13.1 Å². The molecule has 0 radical (unpaired) electrons. The average Bonchev–Trinajstić information content (AvgIpc) is 2.44. The third kappa shape index (κ3) is 4.43. The average molecular weight is 333 g/mol. The Hall–Kier alpha value is -1.19. The molecule has 2 rings (SSSR count). The summed E-state index contributed by atoms with van der Waals surface area (Å²) in [7, 11) is 0. The van der Waals surface area contributed by atoms with Crippen LogP contribution in [0.2, 0.25) is 0 Å². The van der Waals surface area contributed by atoms with Crippen LogP contribution in [-0.2, 0) is 6.42 Å². The second-order valence-electron chi connectivity index (χ2n) is 5.07. The number of hydrogen-bond acceptors (Lipinski definition) is 2. The smallest absolute Gasteiger partial charge is 0.0376 e. The van der Waals surface area contributed by atoms with E-state index in [-0.39, 0.29) is 0 Å². The predicted molar refractivity (Wildman–Crippen MR) is 87.9 cm³/mol. The highest BCUT2D eigenvalue weighted by Gasteiger charge is 2.12. The van der Waals surface area contributed by atoms with E-state index in [9.17, 15) is 0 Å². The second kappa shape index (κ2) is 7.55. The molecule has 0 bridgehead atoms. The lowest BCUT2D eigenvalue weighted by Gasteiger charge is -2.19. The van der Waals surface area contributed by atoms with Gasteiger partial charge < -0.3 is 5.32 Å². The summed E-state index contributed by atoms with van der Waals surface area (Å²) >= 11 is 3.54. The summed E-state index contributed by atoms with van der Waals surface area (Å²) in [6.07, 6.45) is 4.10. The molecule has 1 atom stereocenters. The largest absolute Gasteiger partial charge is 0.310 e. The van der Waals surface area contributed by atoms with Crippen molar-refractivity contribution in [1.82, 2.24) is 10.3 Å². The van der Waals surface area contributed by atoms with Gasteiger partial charge in [0.25, 0.3) is 0 Å². The molecule has 0 amide bonds. The number of hydrogen-bond donors (Lipinski definition) is 1. The van der Waals surface area contributed by atoms with Gasteiger partial charge in [0.05, 0.1) is 0 Å². The van der Waals surface area contributed by atoms with Crippen molar-refractivity contribution in [2.75, 3.05) is 6.54 Å². The van der Waals surface area contributed by atoms with Crippen LogP contribution in [0, 0.1) is 6.92 Å². The number of pyridine rings is 1. The number of benzene rings is 1. The van der Waals surface area contributed by atoms with Gasteiger partial charge in [-0.05, 0) is 55.6 Å². The van der Waals surface area contributed by atoms with Crippen LogP contribution in [0.3, 0.4) is 0 Å². The molecule has 106 valence electrons. The molecule has 0 fully saturated rings. The van der Waals surface area contributed by atoms with Crippen molar-refractivity contribution in [2.45, 2.75) is 32.7 Å². The first-order chi connectivity index (χ1) is 9.69. The van der Waals surface area contributed by atoms with Gasteiger partial charge >= 0.3 is 0 Å². The van der Waals surface area contributed by atoms with Crippen LogP contribution in [0.5, 0.6) is 0 Å². The van der Waals surface area contributed by atoms with Crippen LogP contribution in [0.4, 0.5) is 0 Å². The molecule has 0 saturated heterocycles. The first-order valence-corrected chi connectivity index (χ1v) is 7.88. The van der Waals surface area contributed by atoms with E-state index in [2.05, 4.69) is 69.6 Å². The Labute approximate surface area is 129 Å². The molecule has 0 spiro atoms. The fourth-order valence-corrected chi connectivity index (χ4v) is 2.66. The summed E-state index contributed by atoms with van der Waals surface area (Å²) in [5, 5.41) is 3.62. The molecule has 1 aromatic heterocycles. The molecular formula is C17H21BrN2. The van der Waals surface area contributed by atoms with Gasteiger partial charge in [0.1, 0.15) is 0 Å². The van der Waals surface area contributed by atoms with Crippen molar-refractivity contribution < 1.29 is 0 Å². The summed E-state index contributed by atoms with van der Waals surface area (Å²) < 4.78 is 1.13. The molecule has 20 heavy (non-hydrogen) atoms. The van der Waals surface area contributed by atoms with Crippen molar-refractivity contribution in [3.63, 3.8) is 0 Å². The van der Waals surface area contributed by atoms with Crippen molar-refractivity contribution in [3.05, 3.63) is 63.9 Å². The summed E-state index contributed by atoms with van der Waals surface area (Å²) in [6.45, 7) is 5.23. The van der Waals surface area contributed by atoms with Crippen LogP contribution in [0.1, 0.15) is 36.2 Å². The van der Waals surface area contributed by atoms with E-state index < -0.39 is 0 Å². The summed E-state index contributed by atoms with van der Waals surface area (Å²) in [4.78, 5) is 4.42. The van der Waals surface area contributed by atoms with E-state index >= 15 is 0 Å². The molecular weight excluding hydrogens is 312 g/mol. The molecule has 1 aromatic carbocycles. The van der Waals surface area contributed by atoms with E-state index in [4.69, 9.17) is 0 Å². The highest BCUT2D eigenvalue weighted by Crippen LogP contribution is 2.20. The van der Waals surface area contributed by atoms with Gasteiger partial charge in [-0.3, -0.25) is 4.98 Å². The summed E-state index contributed by atoms with van der Waals surface area (Å²) in [5.41, 5.74) is 3.64. The molecule has 1 N–H and O–H groups in total. The monoisotopic (exact) mass is 332 g/mol. The molecule has 2 nitrogen and oxygen atoms in total. The van der Waals surface area contributed by atoms with Gasteiger partial charge in [0.15, 0.2) is 0 Å². The van der Waals surface area contributed by atoms with E-state index in [0.717, 1.165) is 29.6 Å². The van der Waals surface area contributed by atoms with Crippen molar-refractivity contribution in [3.8, 4) is 0 Å². The first-order valence-electron chi connectivity index (χ1n) is 7.09. The maximum atomic E-state index is 4.42. The number of nitrogens with one attached hydrogen (secondary N) is 1. The van der Waals surface area contributed by atoms with Crippen molar-refractivity contribution in [2.24, 2.45) is 0 Å². The Morgan fingerprint density at radius 3 is 2.75 bits per heavy atom. The zero-order chi connectivity index (χ0) is 14.4. The van der Waals surface area contributed by atoms with Gasteiger partial charge in [-0.25, -0.2) is 0 Å². The predicted octanol–water partition coefficient (Wildman–Crippen LogP) is 4.44. The van der Waals surface area contributed by atoms with Crippen LogP contribution >= 0.6 is 15.9 Å². The molecule has 0 aliphatic carbocycles. The maximum Gasteiger partial charge on any atom is 0.0376 e. The van der Waals surface area contributed by atoms with Gasteiger partial charge in [0, 0.05) is 22.4 Å². The highest BCUT2D eigenvalue weighted by atomic mass is 79.9. The van der Waals surface area contributed by atoms with E-state index in [0.29, 0.717) is 6.04 Å².